The number of terminal acetylenes is 3. The number of phosphoric acid groups is 1. The van der Waals surface area contributed by atoms with Gasteiger partial charge in [-0.3, -0.25) is 0 Å². The lowest BCUT2D eigenvalue weighted by molar-refractivity contribution is 0.258. The van der Waals surface area contributed by atoms with E-state index in [2.05, 4.69) is 66.9 Å². The summed E-state index contributed by atoms with van der Waals surface area (Å²) in [5, 5.41) is 0. The van der Waals surface area contributed by atoms with E-state index in [0.29, 0.717) is 0 Å². The van der Waals surface area contributed by atoms with Crippen LogP contribution < -0.4 is 0 Å². The Labute approximate surface area is 135 Å². The van der Waals surface area contributed by atoms with E-state index in [4.69, 9.17) is 19.3 Å². The summed E-state index contributed by atoms with van der Waals surface area (Å²) >= 11 is 0. The maximum absolute atomic E-state index is 12.1. The summed E-state index contributed by atoms with van der Waals surface area (Å²) in [5.74, 6) is 25.7. The minimum absolute atomic E-state index is 1.96. The molecule has 0 aromatic carbocycles. The number of phosphoric ester groups is 1. The lowest BCUT2D eigenvalue weighted by Gasteiger charge is -2.05. The standard InChI is InChI=1S/C18H3O4P/c1-4-7-10-13-16-20-23(19,21-17-14-11-8-5-2)22-18-15-12-9-6-3/h1-3H. The first-order valence-electron chi connectivity index (χ1n) is 5.21. The molecule has 104 valence electrons. The van der Waals surface area contributed by atoms with Crippen LogP contribution in [0, 0.1) is 109 Å². The summed E-state index contributed by atoms with van der Waals surface area (Å²) in [6.45, 7) is 0. The summed E-state index contributed by atoms with van der Waals surface area (Å²) in [6.07, 6.45) is 20.5. The molecule has 0 amide bonds. The fourth-order valence-electron chi connectivity index (χ4n) is 0.571. The molecule has 0 atom stereocenters. The highest BCUT2D eigenvalue weighted by Gasteiger charge is 2.30. The third-order valence-electron chi connectivity index (χ3n) is 1.22. The highest BCUT2D eigenvalue weighted by Crippen LogP contribution is 2.48. The van der Waals surface area contributed by atoms with Crippen molar-refractivity contribution in [2.45, 2.75) is 0 Å². The fourth-order valence-corrected chi connectivity index (χ4v) is 1.15. The highest BCUT2D eigenvalue weighted by molar-refractivity contribution is 7.49. The SMILES string of the molecule is C#CC#CC#COP(=O)(OC#CC#CC#C)OC#CC#CC#C. The van der Waals surface area contributed by atoms with Crippen LogP contribution in [0.1, 0.15) is 0 Å². The van der Waals surface area contributed by atoms with Crippen LogP contribution in [0.15, 0.2) is 0 Å². The van der Waals surface area contributed by atoms with Crippen LogP contribution in [-0.4, -0.2) is 0 Å². The molecule has 23 heavy (non-hydrogen) atoms. The van der Waals surface area contributed by atoms with Crippen molar-refractivity contribution in [2.24, 2.45) is 0 Å². The quantitative estimate of drug-likeness (QED) is 0.574. The molecule has 0 heterocycles. The Morgan fingerprint density at radius 3 is 1.09 bits per heavy atom. The van der Waals surface area contributed by atoms with Gasteiger partial charge in [-0.2, -0.15) is 4.57 Å². The zero-order valence-electron chi connectivity index (χ0n) is 11.3. The van der Waals surface area contributed by atoms with Gasteiger partial charge in [-0.1, -0.05) is 0 Å². The average molecular weight is 314 g/mol. The van der Waals surface area contributed by atoms with Crippen LogP contribution in [-0.2, 0) is 18.1 Å². The Bertz CT molecular complexity index is 857. The molecule has 0 unspecified atom stereocenters. The highest BCUT2D eigenvalue weighted by atomic mass is 31.2. The van der Waals surface area contributed by atoms with Gasteiger partial charge >= 0.3 is 7.82 Å². The predicted octanol–water partition coefficient (Wildman–Crippen LogP) is 0.937. The Morgan fingerprint density at radius 1 is 0.522 bits per heavy atom. The van der Waals surface area contributed by atoms with Gasteiger partial charge < -0.3 is 13.6 Å². The molecule has 0 aliphatic carbocycles. The van der Waals surface area contributed by atoms with E-state index in [1.807, 2.05) is 36.1 Å². The minimum Gasteiger partial charge on any atom is -0.330 e. The van der Waals surface area contributed by atoms with Gasteiger partial charge in [-0.15, -0.1) is 19.3 Å². The second-order valence-corrected chi connectivity index (χ2v) is 4.03. The zero-order chi connectivity index (χ0) is 17.2. The first-order valence-corrected chi connectivity index (χ1v) is 6.67. The monoisotopic (exact) mass is 314 g/mol. The predicted molar refractivity (Wildman–Crippen MR) is 84.0 cm³/mol. The summed E-state index contributed by atoms with van der Waals surface area (Å²) in [6, 6.07) is 0. The molecule has 0 radical (unpaired) electrons. The van der Waals surface area contributed by atoms with E-state index in [1.165, 1.54) is 0 Å². The van der Waals surface area contributed by atoms with Gasteiger partial charge in [0.05, 0.1) is 0 Å². The van der Waals surface area contributed by atoms with Crippen molar-refractivity contribution in [3.8, 4) is 109 Å². The molecule has 0 rings (SSSR count). The van der Waals surface area contributed by atoms with Crippen molar-refractivity contribution in [3.05, 3.63) is 0 Å². The maximum atomic E-state index is 12.1. The molecule has 0 aromatic rings. The van der Waals surface area contributed by atoms with Crippen molar-refractivity contribution in [3.63, 3.8) is 0 Å². The van der Waals surface area contributed by atoms with E-state index < -0.39 is 7.82 Å². The largest absolute Gasteiger partial charge is 0.673 e. The third kappa shape index (κ3) is 11.2. The first-order chi connectivity index (χ1) is 11.2. The number of hydrogen-bond acceptors (Lipinski definition) is 4. The van der Waals surface area contributed by atoms with Crippen LogP contribution >= 0.6 is 7.82 Å². The maximum Gasteiger partial charge on any atom is 0.673 e. The molecule has 0 N–H and O–H groups in total. The smallest absolute Gasteiger partial charge is 0.330 e. The number of rotatable bonds is 3. The molecule has 0 aromatic heterocycles. The summed E-state index contributed by atoms with van der Waals surface area (Å²) in [7, 11) is -4.24. The van der Waals surface area contributed by atoms with E-state index in [-0.39, 0.29) is 0 Å². The van der Waals surface area contributed by atoms with Crippen LogP contribution in [0.2, 0.25) is 0 Å². The normalized spacial score (nSPS) is 5.96. The molecule has 4 nitrogen and oxygen atoms in total. The molecule has 0 aliphatic heterocycles. The Balaban J connectivity index is 5.12. The Kier molecular flexibility index (Phi) is 10.3. The fraction of sp³-hybridized carbons (Fsp3) is 0. The summed E-state index contributed by atoms with van der Waals surface area (Å²) < 4.78 is 25.8. The van der Waals surface area contributed by atoms with Gasteiger partial charge in [0.2, 0.25) is 0 Å². The van der Waals surface area contributed by atoms with Gasteiger partial charge in [0, 0.05) is 35.5 Å². The van der Waals surface area contributed by atoms with Crippen molar-refractivity contribution in [1.82, 2.24) is 0 Å². The topological polar surface area (TPSA) is 44.8 Å². The van der Waals surface area contributed by atoms with Crippen molar-refractivity contribution >= 4 is 7.82 Å². The Hall–Kier alpha value is -4.33. The van der Waals surface area contributed by atoms with E-state index in [0.717, 1.165) is 0 Å². The molecule has 0 spiro atoms. The van der Waals surface area contributed by atoms with Crippen molar-refractivity contribution < 1.29 is 18.1 Å². The van der Waals surface area contributed by atoms with E-state index in [9.17, 15) is 4.57 Å². The van der Waals surface area contributed by atoms with Crippen molar-refractivity contribution in [1.29, 1.82) is 0 Å². The van der Waals surface area contributed by atoms with Crippen LogP contribution in [0.5, 0.6) is 0 Å². The van der Waals surface area contributed by atoms with Crippen LogP contribution in [0.25, 0.3) is 0 Å². The van der Waals surface area contributed by atoms with E-state index in [1.54, 1.807) is 0 Å². The van der Waals surface area contributed by atoms with E-state index >= 15 is 0 Å². The summed E-state index contributed by atoms with van der Waals surface area (Å²) in [5.41, 5.74) is 0. The van der Waals surface area contributed by atoms with Gasteiger partial charge in [-0.05, 0) is 35.5 Å². The van der Waals surface area contributed by atoms with Gasteiger partial charge in [0.15, 0.2) is 0 Å². The Morgan fingerprint density at radius 2 is 0.826 bits per heavy atom. The van der Waals surface area contributed by atoms with Crippen molar-refractivity contribution in [2.75, 3.05) is 0 Å². The molecule has 0 bridgehead atoms. The minimum atomic E-state index is -4.24. The lowest BCUT2D eigenvalue weighted by Crippen LogP contribution is -1.89. The average Bonchev–Trinajstić information content (AvgIpc) is 2.54. The number of hydrogen-bond donors (Lipinski definition) is 0. The molecule has 0 saturated carbocycles. The molecule has 0 aliphatic rings. The molecular weight excluding hydrogens is 311 g/mol. The molecule has 0 saturated heterocycles. The lowest BCUT2D eigenvalue weighted by atomic mass is 10.6. The van der Waals surface area contributed by atoms with Gasteiger partial charge in [0.1, 0.15) is 18.3 Å². The molecule has 0 fully saturated rings. The second kappa shape index (κ2) is 12.7. The van der Waals surface area contributed by atoms with Gasteiger partial charge in [-0.25, -0.2) is 0 Å². The third-order valence-corrected chi connectivity index (χ3v) is 2.16. The molecular formula is C18H3O4P. The zero-order valence-corrected chi connectivity index (χ0v) is 12.2. The first kappa shape index (κ1) is 18.7. The van der Waals surface area contributed by atoms with Crippen LogP contribution in [0.3, 0.4) is 0 Å². The summed E-state index contributed by atoms with van der Waals surface area (Å²) in [4.78, 5) is 0. The molecule has 5 heteroatoms. The second-order valence-electron chi connectivity index (χ2n) is 2.59. The van der Waals surface area contributed by atoms with Crippen LogP contribution in [0.4, 0.5) is 0 Å². The van der Waals surface area contributed by atoms with Gasteiger partial charge in [0.25, 0.3) is 0 Å².